The van der Waals surface area contributed by atoms with Crippen molar-refractivity contribution in [3.63, 3.8) is 0 Å². The van der Waals surface area contributed by atoms with Gasteiger partial charge in [0.25, 0.3) is 0 Å². The fraction of sp³-hybridized carbons (Fsp3) is 0.625. The molecule has 1 saturated carbocycles. The van der Waals surface area contributed by atoms with Gasteiger partial charge in [-0.15, -0.1) is 0 Å². The standard InChI is InChI=1S/C48H67N3O11/c1-6-8-14-26-47(27-15-9-7-2)60-40-37-29-48(45(57)49-28-25-38(54)50-35(31-52)23-24-39(55)59-46(3,4)5)42(44(56)58-37)51(62-43(48)41(40)61-47)30-34-19-11-10-17-32(34)20-16-21-33-18-12-13-22-36(33)53/h10-13,16-20,22,35,37,40-43,52-53H,6-9,14-15,21,23-31H2,1-5H3,(H,49,57)(H,50,54)/t35-,37?,40-,41-,42-,43+,48?/m0/s1. The minimum absolute atomic E-state index is 0.0179. The molecule has 3 saturated heterocycles. The molecule has 14 heteroatoms. The Hall–Kier alpha value is -4.34. The molecule has 3 heterocycles. The van der Waals surface area contributed by atoms with Crippen LogP contribution in [0.2, 0.25) is 0 Å². The Morgan fingerprint density at radius 3 is 2.31 bits per heavy atom. The van der Waals surface area contributed by atoms with E-state index in [9.17, 15) is 29.4 Å². The Balaban J connectivity index is 1.23. The van der Waals surface area contributed by atoms with Crippen molar-refractivity contribution in [2.24, 2.45) is 5.41 Å². The number of phenolic OH excluding ortho intramolecular Hbond substituents is 1. The molecular weight excluding hydrogens is 795 g/mol. The number of aliphatic hydroxyl groups excluding tert-OH is 1. The van der Waals surface area contributed by atoms with Crippen molar-refractivity contribution in [3.8, 4) is 5.75 Å². The molecule has 7 atom stereocenters. The molecule has 0 radical (unpaired) electrons. The molecule has 14 nitrogen and oxygen atoms in total. The molecule has 0 aromatic heterocycles. The Morgan fingerprint density at radius 1 is 0.952 bits per heavy atom. The van der Waals surface area contributed by atoms with Crippen LogP contribution in [-0.4, -0.2) is 100 Å². The zero-order valence-corrected chi connectivity index (χ0v) is 37.1. The minimum Gasteiger partial charge on any atom is -0.508 e. The molecule has 62 heavy (non-hydrogen) atoms. The third kappa shape index (κ3) is 11.1. The summed E-state index contributed by atoms with van der Waals surface area (Å²) in [5, 5.41) is 27.5. The average Bonchev–Trinajstić information content (AvgIpc) is 3.78. The van der Waals surface area contributed by atoms with E-state index in [0.717, 1.165) is 55.2 Å². The first-order valence-corrected chi connectivity index (χ1v) is 22.6. The zero-order chi connectivity index (χ0) is 44.5. The van der Waals surface area contributed by atoms with E-state index in [2.05, 4.69) is 24.5 Å². The molecule has 2 unspecified atom stereocenters. The average molecular weight is 862 g/mol. The van der Waals surface area contributed by atoms with Crippen molar-refractivity contribution in [1.29, 1.82) is 0 Å². The first-order chi connectivity index (χ1) is 29.7. The van der Waals surface area contributed by atoms with Crippen LogP contribution in [0.1, 0.15) is 128 Å². The Bertz CT molecular complexity index is 1890. The van der Waals surface area contributed by atoms with Crippen LogP contribution in [-0.2, 0) is 55.9 Å². The number of para-hydroxylation sites is 1. The summed E-state index contributed by atoms with van der Waals surface area (Å²) in [7, 11) is 0. The number of aromatic hydroxyl groups is 1. The van der Waals surface area contributed by atoms with Gasteiger partial charge in [0.1, 0.15) is 41.2 Å². The summed E-state index contributed by atoms with van der Waals surface area (Å²) < 4.78 is 25.5. The number of phenols is 1. The Kier molecular flexibility index (Phi) is 15.9. The normalized spacial score (nSPS) is 25.6. The second kappa shape index (κ2) is 20.9. The van der Waals surface area contributed by atoms with E-state index in [-0.39, 0.29) is 51.1 Å². The lowest BCUT2D eigenvalue weighted by Crippen LogP contribution is -2.69. The Labute approximate surface area is 366 Å². The molecule has 2 aromatic carbocycles. The first kappa shape index (κ1) is 47.1. The fourth-order valence-electron chi connectivity index (χ4n) is 9.35. The number of esters is 2. The van der Waals surface area contributed by atoms with Crippen molar-refractivity contribution in [2.45, 2.75) is 173 Å². The molecule has 6 rings (SSSR count). The molecule has 0 spiro atoms. The summed E-state index contributed by atoms with van der Waals surface area (Å²) in [5.74, 6) is -2.57. The van der Waals surface area contributed by atoms with E-state index in [1.54, 1.807) is 38.0 Å². The highest BCUT2D eigenvalue weighted by Crippen LogP contribution is 2.58. The SMILES string of the molecule is CCCCCC1(CCCCC)O[C@@H]2[C@H]3ON(Cc4ccccc4C=CCc4ccccc4O)[C@H]4C(=O)OC(CC34C(=O)NCCC(=O)N[C@H](CO)CCC(=O)OC(C)(C)C)[C@@H]2O1. The number of fused-ring (bicyclic) bond motifs is 4. The number of allylic oxidation sites excluding steroid dienone is 1. The number of carbonyl (C=O) groups is 4. The summed E-state index contributed by atoms with van der Waals surface area (Å²) in [6.07, 6.45) is 8.88. The second-order valence-electron chi connectivity index (χ2n) is 18.2. The van der Waals surface area contributed by atoms with Gasteiger partial charge in [-0.05, 0) is 69.2 Å². The molecule has 4 aliphatic rings. The monoisotopic (exact) mass is 861 g/mol. The maximum Gasteiger partial charge on any atom is 0.327 e. The van der Waals surface area contributed by atoms with Crippen molar-refractivity contribution in [1.82, 2.24) is 15.7 Å². The molecule has 3 aliphatic heterocycles. The number of nitrogens with zero attached hydrogens (tertiary/aromatic N) is 1. The van der Waals surface area contributed by atoms with Gasteiger partial charge in [-0.25, -0.2) is 0 Å². The van der Waals surface area contributed by atoms with Crippen LogP contribution in [0.3, 0.4) is 0 Å². The highest BCUT2D eigenvalue weighted by atomic mass is 16.8. The van der Waals surface area contributed by atoms with E-state index in [4.69, 9.17) is 23.8 Å². The van der Waals surface area contributed by atoms with Crippen molar-refractivity contribution in [2.75, 3.05) is 13.2 Å². The molecule has 2 bridgehead atoms. The number of rotatable bonds is 22. The molecular formula is C48H67N3O11. The Morgan fingerprint density at radius 2 is 1.63 bits per heavy atom. The maximum absolute atomic E-state index is 14.9. The summed E-state index contributed by atoms with van der Waals surface area (Å²) in [6, 6.07) is 13.1. The number of ether oxygens (including phenoxy) is 4. The van der Waals surface area contributed by atoms with E-state index < -0.39 is 77.1 Å². The van der Waals surface area contributed by atoms with E-state index in [1.165, 1.54) is 0 Å². The van der Waals surface area contributed by atoms with Gasteiger partial charge in [-0.3, -0.25) is 24.0 Å². The van der Waals surface area contributed by atoms with Crippen LogP contribution in [0.25, 0.3) is 6.08 Å². The van der Waals surface area contributed by atoms with Crippen LogP contribution in [0, 0.1) is 5.41 Å². The van der Waals surface area contributed by atoms with Crippen LogP contribution in [0.4, 0.5) is 0 Å². The lowest BCUT2D eigenvalue weighted by atomic mass is 9.62. The van der Waals surface area contributed by atoms with Gasteiger partial charge >= 0.3 is 11.9 Å². The molecule has 2 aromatic rings. The number of unbranched alkanes of at least 4 members (excludes halogenated alkanes) is 4. The van der Waals surface area contributed by atoms with E-state index in [1.807, 2.05) is 48.6 Å². The van der Waals surface area contributed by atoms with Gasteiger partial charge in [-0.1, -0.05) is 94.1 Å². The largest absolute Gasteiger partial charge is 0.508 e. The van der Waals surface area contributed by atoms with Crippen molar-refractivity contribution < 1.29 is 53.2 Å². The molecule has 340 valence electrons. The first-order valence-electron chi connectivity index (χ1n) is 22.6. The summed E-state index contributed by atoms with van der Waals surface area (Å²) in [5.41, 5.74) is 0.437. The molecule has 2 amide bonds. The van der Waals surface area contributed by atoms with Gasteiger partial charge in [0.05, 0.1) is 19.2 Å². The third-order valence-corrected chi connectivity index (χ3v) is 12.3. The number of amides is 2. The van der Waals surface area contributed by atoms with E-state index in [0.29, 0.717) is 19.3 Å². The van der Waals surface area contributed by atoms with Gasteiger partial charge in [0.2, 0.25) is 11.8 Å². The highest BCUT2D eigenvalue weighted by Gasteiger charge is 2.76. The number of nitrogens with one attached hydrogen (secondary N) is 2. The van der Waals surface area contributed by atoms with E-state index >= 15 is 0 Å². The predicted molar refractivity (Wildman–Crippen MR) is 231 cm³/mol. The van der Waals surface area contributed by atoms with Crippen molar-refractivity contribution >= 4 is 29.8 Å². The number of carbonyl (C=O) groups excluding carboxylic acids is 4. The second-order valence-corrected chi connectivity index (χ2v) is 18.2. The molecule has 4 N–H and O–H groups in total. The van der Waals surface area contributed by atoms with Crippen LogP contribution in [0.15, 0.2) is 54.6 Å². The summed E-state index contributed by atoms with van der Waals surface area (Å²) in [4.78, 5) is 61.4. The zero-order valence-electron chi connectivity index (χ0n) is 37.1. The van der Waals surface area contributed by atoms with Crippen LogP contribution >= 0.6 is 0 Å². The number of hydrogen-bond acceptors (Lipinski definition) is 12. The minimum atomic E-state index is -1.43. The smallest absolute Gasteiger partial charge is 0.327 e. The number of aliphatic hydroxyl groups is 1. The van der Waals surface area contributed by atoms with Crippen molar-refractivity contribution in [3.05, 3.63) is 71.3 Å². The topological polar surface area (TPSA) is 182 Å². The van der Waals surface area contributed by atoms with Crippen LogP contribution in [0.5, 0.6) is 5.75 Å². The van der Waals surface area contributed by atoms with Gasteiger partial charge in [0.15, 0.2) is 11.8 Å². The van der Waals surface area contributed by atoms with Gasteiger partial charge < -0.3 is 39.8 Å². The third-order valence-electron chi connectivity index (χ3n) is 12.3. The van der Waals surface area contributed by atoms with Gasteiger partial charge in [-0.2, -0.15) is 5.06 Å². The summed E-state index contributed by atoms with van der Waals surface area (Å²) in [6.45, 7) is 9.33. The van der Waals surface area contributed by atoms with Gasteiger partial charge in [0, 0.05) is 38.6 Å². The number of hydrogen-bond donors (Lipinski definition) is 4. The lowest BCUT2D eigenvalue weighted by Gasteiger charge is -2.48. The fourth-order valence-corrected chi connectivity index (χ4v) is 9.35. The van der Waals surface area contributed by atoms with Crippen LogP contribution < -0.4 is 10.6 Å². The summed E-state index contributed by atoms with van der Waals surface area (Å²) >= 11 is 0. The molecule has 1 aliphatic carbocycles. The quantitative estimate of drug-likeness (QED) is 0.0780. The lowest BCUT2D eigenvalue weighted by molar-refractivity contribution is -0.224. The maximum atomic E-state index is 14.9. The number of benzene rings is 2. The highest BCUT2D eigenvalue weighted by molar-refractivity contribution is 5.94. The molecule has 4 fully saturated rings. The number of hydroxylamine groups is 2. The predicted octanol–water partition coefficient (Wildman–Crippen LogP) is 6.19.